The summed E-state index contributed by atoms with van der Waals surface area (Å²) >= 11 is 0. The number of nitrogens with one attached hydrogen (secondary N) is 1. The molecule has 5 rings (SSSR count). The zero-order chi connectivity index (χ0) is 25.8. The van der Waals surface area contributed by atoms with E-state index in [4.69, 9.17) is 19.5 Å². The summed E-state index contributed by atoms with van der Waals surface area (Å²) in [5.41, 5.74) is 6.72. The fourth-order valence-corrected chi connectivity index (χ4v) is 4.28. The average Bonchev–Trinajstić information content (AvgIpc) is 2.91. The van der Waals surface area contributed by atoms with Crippen LogP contribution in [0.5, 0.6) is 0 Å². The second-order valence-electron chi connectivity index (χ2n) is 8.69. The number of hydrogen-bond acceptors (Lipinski definition) is 6. The van der Waals surface area contributed by atoms with Gasteiger partial charge >= 0.3 is 0 Å². The number of benzene rings is 3. The standard InChI is InChI=1S/C29H28FN5O2/c1-19-23(8-6-14-31-19)33-26-15-27-29(16-25(26)32-17-22(37-3)18-36-2)35(21-12-10-20(30)11-13-21)28-9-5-4-7-24(28)34-27/h4-16,22,33H,17-18H2,1-3H3/b32-25+. The highest BCUT2D eigenvalue weighted by atomic mass is 19.1. The molecule has 3 aromatic rings. The molecule has 37 heavy (non-hydrogen) atoms. The van der Waals surface area contributed by atoms with Crippen molar-refractivity contribution >= 4 is 22.4 Å². The van der Waals surface area contributed by atoms with E-state index in [1.165, 1.54) is 12.1 Å². The van der Waals surface area contributed by atoms with Crippen molar-refractivity contribution < 1.29 is 13.9 Å². The largest absolute Gasteiger partial charge is 0.382 e. The summed E-state index contributed by atoms with van der Waals surface area (Å²) in [5, 5.41) is 4.23. The van der Waals surface area contributed by atoms with E-state index in [1.807, 2.05) is 55.5 Å². The molecule has 0 spiro atoms. The minimum atomic E-state index is -0.287. The number of methoxy groups -OCH3 is 2. The summed E-state index contributed by atoms with van der Waals surface area (Å²) in [6, 6.07) is 22.2. The molecule has 0 amide bonds. The number of rotatable bonds is 8. The number of anilines is 2. The Morgan fingerprint density at radius 3 is 2.57 bits per heavy atom. The van der Waals surface area contributed by atoms with Crippen LogP contribution >= 0.6 is 0 Å². The van der Waals surface area contributed by atoms with Crippen molar-refractivity contribution in [1.29, 1.82) is 0 Å². The van der Waals surface area contributed by atoms with E-state index < -0.39 is 0 Å². The van der Waals surface area contributed by atoms with Crippen LogP contribution in [-0.2, 0) is 9.47 Å². The Morgan fingerprint density at radius 1 is 1.00 bits per heavy atom. The van der Waals surface area contributed by atoms with Gasteiger partial charge in [0, 0.05) is 26.1 Å². The lowest BCUT2D eigenvalue weighted by Crippen LogP contribution is -2.23. The number of ether oxygens (including phenoxy) is 2. The minimum absolute atomic E-state index is 0.187. The van der Waals surface area contributed by atoms with Crippen molar-refractivity contribution in [3.8, 4) is 17.1 Å². The Balaban J connectivity index is 1.77. The van der Waals surface area contributed by atoms with E-state index >= 15 is 0 Å². The zero-order valence-electron chi connectivity index (χ0n) is 21.0. The van der Waals surface area contributed by atoms with Crippen LogP contribution in [0.1, 0.15) is 5.69 Å². The third kappa shape index (κ3) is 5.21. The first-order chi connectivity index (χ1) is 18.1. The number of para-hydroxylation sites is 2. The van der Waals surface area contributed by atoms with Crippen molar-refractivity contribution in [2.45, 2.75) is 13.0 Å². The van der Waals surface area contributed by atoms with Gasteiger partial charge in [0.05, 0.1) is 64.1 Å². The van der Waals surface area contributed by atoms with E-state index in [9.17, 15) is 4.39 Å². The Morgan fingerprint density at radius 2 is 1.81 bits per heavy atom. The zero-order valence-corrected chi connectivity index (χ0v) is 21.0. The molecule has 2 aromatic carbocycles. The van der Waals surface area contributed by atoms with Gasteiger partial charge in [-0.2, -0.15) is 0 Å². The smallest absolute Gasteiger partial charge is 0.123 e. The number of pyridine rings is 1. The lowest BCUT2D eigenvalue weighted by molar-refractivity contribution is 0.0340. The molecule has 188 valence electrons. The first-order valence-electron chi connectivity index (χ1n) is 12.0. The van der Waals surface area contributed by atoms with Crippen molar-refractivity contribution in [2.75, 3.05) is 32.7 Å². The first-order valence-corrected chi connectivity index (χ1v) is 12.0. The molecule has 1 atom stereocenters. The molecule has 2 heterocycles. The van der Waals surface area contributed by atoms with E-state index in [0.29, 0.717) is 13.2 Å². The Bertz CT molecular complexity index is 1570. The molecule has 0 saturated heterocycles. The predicted octanol–water partition coefficient (Wildman–Crippen LogP) is 5.28. The van der Waals surface area contributed by atoms with Crippen LogP contribution in [0.3, 0.4) is 0 Å². The number of hydrogen-bond donors (Lipinski definition) is 1. The van der Waals surface area contributed by atoms with E-state index in [1.54, 1.807) is 32.5 Å². The highest BCUT2D eigenvalue weighted by Crippen LogP contribution is 2.30. The summed E-state index contributed by atoms with van der Waals surface area (Å²) in [4.78, 5) is 14.3. The van der Waals surface area contributed by atoms with Crippen LogP contribution in [0.25, 0.3) is 28.1 Å². The molecule has 7 nitrogen and oxygen atoms in total. The Hall–Kier alpha value is -4.14. The molecule has 0 saturated carbocycles. The number of halogens is 1. The van der Waals surface area contributed by atoms with Crippen LogP contribution in [0, 0.1) is 12.7 Å². The van der Waals surface area contributed by atoms with Gasteiger partial charge in [0.1, 0.15) is 5.82 Å². The van der Waals surface area contributed by atoms with E-state index in [2.05, 4.69) is 14.9 Å². The van der Waals surface area contributed by atoms with Gasteiger partial charge in [-0.25, -0.2) is 9.37 Å². The van der Waals surface area contributed by atoms with E-state index in [0.717, 1.165) is 50.5 Å². The molecule has 1 aliphatic heterocycles. The monoisotopic (exact) mass is 497 g/mol. The molecule has 1 aliphatic carbocycles. The van der Waals surface area contributed by atoms with E-state index in [-0.39, 0.29) is 11.9 Å². The van der Waals surface area contributed by atoms with Gasteiger partial charge in [0.15, 0.2) is 0 Å². The summed E-state index contributed by atoms with van der Waals surface area (Å²) in [6.45, 7) is 2.79. The third-order valence-electron chi connectivity index (χ3n) is 6.21. The predicted molar refractivity (Wildman–Crippen MR) is 143 cm³/mol. The molecule has 1 unspecified atom stereocenters. The van der Waals surface area contributed by atoms with Crippen molar-refractivity contribution in [3.05, 3.63) is 95.9 Å². The number of aryl methyl sites for hydroxylation is 1. The van der Waals surface area contributed by atoms with Crippen LogP contribution in [0.4, 0.5) is 15.8 Å². The molecule has 0 fully saturated rings. The fourth-order valence-electron chi connectivity index (χ4n) is 4.28. The van der Waals surface area contributed by atoms with Gasteiger partial charge in [-0.15, -0.1) is 0 Å². The second-order valence-corrected chi connectivity index (χ2v) is 8.69. The van der Waals surface area contributed by atoms with Crippen LogP contribution in [-0.4, -0.2) is 48.0 Å². The lowest BCUT2D eigenvalue weighted by atomic mass is 10.1. The van der Waals surface area contributed by atoms with Crippen LogP contribution in [0.15, 0.2) is 84.0 Å². The molecular formula is C29H28FN5O2. The molecule has 0 bridgehead atoms. The highest BCUT2D eigenvalue weighted by molar-refractivity contribution is 5.84. The summed E-state index contributed by atoms with van der Waals surface area (Å²) in [5.74, 6) is -0.287. The van der Waals surface area contributed by atoms with Crippen LogP contribution in [0.2, 0.25) is 0 Å². The third-order valence-corrected chi connectivity index (χ3v) is 6.21. The lowest BCUT2D eigenvalue weighted by Gasteiger charge is -2.20. The quantitative estimate of drug-likeness (QED) is 0.295. The van der Waals surface area contributed by atoms with Crippen molar-refractivity contribution in [2.24, 2.45) is 4.99 Å². The molecule has 1 N–H and O–H groups in total. The van der Waals surface area contributed by atoms with Gasteiger partial charge in [-0.1, -0.05) is 12.1 Å². The topological polar surface area (TPSA) is 73.6 Å². The second kappa shape index (κ2) is 10.9. The van der Waals surface area contributed by atoms with Gasteiger partial charge in [0.25, 0.3) is 0 Å². The van der Waals surface area contributed by atoms with Gasteiger partial charge < -0.3 is 19.4 Å². The van der Waals surface area contributed by atoms with Gasteiger partial charge in [-0.3, -0.25) is 9.98 Å². The fraction of sp³-hybridized carbons (Fsp3) is 0.207. The number of aromatic nitrogens is 3. The molecule has 1 aromatic heterocycles. The molecular weight excluding hydrogens is 469 g/mol. The maximum Gasteiger partial charge on any atom is 0.123 e. The summed E-state index contributed by atoms with van der Waals surface area (Å²) in [6.07, 6.45) is 1.58. The first kappa shape index (κ1) is 24.5. The molecule has 2 aliphatic rings. The van der Waals surface area contributed by atoms with Crippen molar-refractivity contribution in [1.82, 2.24) is 14.5 Å². The number of fused-ring (bicyclic) bond motifs is 2. The van der Waals surface area contributed by atoms with Crippen molar-refractivity contribution in [3.63, 3.8) is 0 Å². The Labute approximate surface area is 214 Å². The normalized spacial score (nSPS) is 12.8. The summed E-state index contributed by atoms with van der Waals surface area (Å²) < 4.78 is 26.7. The molecule has 0 radical (unpaired) electrons. The maximum absolute atomic E-state index is 13.8. The molecule has 8 heteroatoms. The average molecular weight is 498 g/mol. The van der Waals surface area contributed by atoms with Crippen LogP contribution < -0.4 is 10.7 Å². The number of nitrogens with zero attached hydrogens (tertiary/aromatic N) is 4. The summed E-state index contributed by atoms with van der Waals surface area (Å²) in [7, 11) is 3.29. The maximum atomic E-state index is 13.8. The Kier molecular flexibility index (Phi) is 7.20. The highest BCUT2D eigenvalue weighted by Gasteiger charge is 2.17. The minimum Gasteiger partial charge on any atom is -0.382 e. The van der Waals surface area contributed by atoms with Gasteiger partial charge in [-0.05, 0) is 67.6 Å². The van der Waals surface area contributed by atoms with Gasteiger partial charge in [0.2, 0.25) is 0 Å². The SMILES string of the molecule is COCC(C/N=c1\cc2n(-c3ccc(F)cc3)c3ccccc3nc-2cc1Nc1cccnc1C)OC.